The number of hydrogen-bond donors (Lipinski definition) is 1. The molecule has 19 heavy (non-hydrogen) atoms. The summed E-state index contributed by atoms with van der Waals surface area (Å²) in [6.45, 7) is 0. The van der Waals surface area contributed by atoms with E-state index < -0.39 is 10.0 Å². The fourth-order valence-electron chi connectivity index (χ4n) is 1.76. The first-order chi connectivity index (χ1) is 8.99. The van der Waals surface area contributed by atoms with Crippen molar-refractivity contribution in [1.29, 1.82) is 0 Å². The SMILES string of the molecule is CN(c1cccc(N)c1)S(=O)(=O)Cc1ccccc1. The van der Waals surface area contributed by atoms with Gasteiger partial charge in [0.2, 0.25) is 10.0 Å². The van der Waals surface area contributed by atoms with Crippen LogP contribution < -0.4 is 10.0 Å². The summed E-state index contributed by atoms with van der Waals surface area (Å²) in [5.41, 5.74) is 7.54. The summed E-state index contributed by atoms with van der Waals surface area (Å²) >= 11 is 0. The Kier molecular flexibility index (Phi) is 3.76. The third-order valence-electron chi connectivity index (χ3n) is 2.84. The average Bonchev–Trinajstić information content (AvgIpc) is 2.38. The van der Waals surface area contributed by atoms with Crippen molar-refractivity contribution < 1.29 is 8.42 Å². The Labute approximate surface area is 113 Å². The van der Waals surface area contributed by atoms with Gasteiger partial charge in [-0.15, -0.1) is 0 Å². The molecular weight excluding hydrogens is 260 g/mol. The molecular formula is C14H16N2O2S. The fourth-order valence-corrected chi connectivity index (χ4v) is 3.01. The van der Waals surface area contributed by atoms with Gasteiger partial charge in [0.05, 0.1) is 11.4 Å². The summed E-state index contributed by atoms with van der Waals surface area (Å²) in [5.74, 6) is -0.0286. The Morgan fingerprint density at radius 3 is 2.37 bits per heavy atom. The molecule has 100 valence electrons. The van der Waals surface area contributed by atoms with Gasteiger partial charge in [0.1, 0.15) is 0 Å². The first-order valence-electron chi connectivity index (χ1n) is 5.85. The lowest BCUT2D eigenvalue weighted by molar-refractivity contribution is 0.593. The average molecular weight is 276 g/mol. The zero-order valence-corrected chi connectivity index (χ0v) is 11.5. The molecule has 0 heterocycles. The number of nitrogen functional groups attached to an aromatic ring is 1. The van der Waals surface area contributed by atoms with E-state index in [-0.39, 0.29) is 5.75 Å². The first-order valence-corrected chi connectivity index (χ1v) is 7.46. The molecule has 2 aromatic rings. The summed E-state index contributed by atoms with van der Waals surface area (Å²) in [5, 5.41) is 0. The molecule has 0 aliphatic rings. The lowest BCUT2D eigenvalue weighted by atomic mass is 10.2. The van der Waals surface area contributed by atoms with Gasteiger partial charge < -0.3 is 5.73 Å². The van der Waals surface area contributed by atoms with Crippen LogP contribution in [0.2, 0.25) is 0 Å². The molecule has 0 saturated heterocycles. The monoisotopic (exact) mass is 276 g/mol. The minimum atomic E-state index is -3.41. The Balaban J connectivity index is 2.25. The van der Waals surface area contributed by atoms with Gasteiger partial charge in [-0.25, -0.2) is 8.42 Å². The van der Waals surface area contributed by atoms with Crippen LogP contribution in [0.3, 0.4) is 0 Å². The van der Waals surface area contributed by atoms with Crippen LogP contribution >= 0.6 is 0 Å². The molecule has 0 atom stereocenters. The highest BCUT2D eigenvalue weighted by molar-refractivity contribution is 7.92. The Bertz CT molecular complexity index is 654. The number of hydrogen-bond acceptors (Lipinski definition) is 3. The van der Waals surface area contributed by atoms with E-state index in [1.807, 2.05) is 18.2 Å². The maximum Gasteiger partial charge on any atom is 0.239 e. The lowest BCUT2D eigenvalue weighted by Gasteiger charge is -2.19. The van der Waals surface area contributed by atoms with Crippen molar-refractivity contribution in [2.75, 3.05) is 17.1 Å². The minimum Gasteiger partial charge on any atom is -0.399 e. The molecule has 2 rings (SSSR count). The zero-order chi connectivity index (χ0) is 13.9. The van der Waals surface area contributed by atoms with Gasteiger partial charge in [-0.2, -0.15) is 0 Å². The highest BCUT2D eigenvalue weighted by Crippen LogP contribution is 2.21. The second kappa shape index (κ2) is 5.32. The number of sulfonamides is 1. The molecule has 0 aliphatic carbocycles. The summed E-state index contributed by atoms with van der Waals surface area (Å²) < 4.78 is 25.9. The zero-order valence-electron chi connectivity index (χ0n) is 10.7. The van der Waals surface area contributed by atoms with Crippen LogP contribution in [0.4, 0.5) is 11.4 Å². The third-order valence-corrected chi connectivity index (χ3v) is 4.59. The van der Waals surface area contributed by atoms with Crippen molar-refractivity contribution >= 4 is 21.4 Å². The van der Waals surface area contributed by atoms with E-state index in [1.54, 1.807) is 36.4 Å². The Morgan fingerprint density at radius 2 is 1.74 bits per heavy atom. The molecule has 0 radical (unpaired) electrons. The van der Waals surface area contributed by atoms with Gasteiger partial charge >= 0.3 is 0 Å². The van der Waals surface area contributed by atoms with E-state index in [0.717, 1.165) is 5.56 Å². The Morgan fingerprint density at radius 1 is 1.05 bits per heavy atom. The number of anilines is 2. The fraction of sp³-hybridized carbons (Fsp3) is 0.143. The van der Waals surface area contributed by atoms with Crippen molar-refractivity contribution in [3.05, 3.63) is 60.2 Å². The Hall–Kier alpha value is -2.01. The molecule has 0 unspecified atom stereocenters. The topological polar surface area (TPSA) is 63.4 Å². The van der Waals surface area contributed by atoms with Gasteiger partial charge in [0.15, 0.2) is 0 Å². The maximum atomic E-state index is 12.3. The van der Waals surface area contributed by atoms with Crippen LogP contribution in [0.25, 0.3) is 0 Å². The number of nitrogens with two attached hydrogens (primary N) is 1. The number of benzene rings is 2. The lowest BCUT2D eigenvalue weighted by Crippen LogP contribution is -2.27. The molecule has 4 nitrogen and oxygen atoms in total. The van der Waals surface area contributed by atoms with Crippen molar-refractivity contribution in [2.45, 2.75) is 5.75 Å². The van der Waals surface area contributed by atoms with E-state index in [9.17, 15) is 8.42 Å². The van der Waals surface area contributed by atoms with Gasteiger partial charge in [-0.3, -0.25) is 4.31 Å². The van der Waals surface area contributed by atoms with Crippen LogP contribution in [0, 0.1) is 0 Å². The standard InChI is InChI=1S/C14H16N2O2S/c1-16(14-9-5-8-13(15)10-14)19(17,18)11-12-6-3-2-4-7-12/h2-10H,11,15H2,1H3. The number of nitrogens with zero attached hydrogens (tertiary/aromatic N) is 1. The van der Waals surface area contributed by atoms with Crippen LogP contribution in [0.15, 0.2) is 54.6 Å². The molecule has 0 saturated carbocycles. The second-order valence-electron chi connectivity index (χ2n) is 4.30. The van der Waals surface area contributed by atoms with Crippen molar-refractivity contribution in [3.8, 4) is 0 Å². The van der Waals surface area contributed by atoms with E-state index in [4.69, 9.17) is 5.73 Å². The highest BCUT2D eigenvalue weighted by Gasteiger charge is 2.18. The van der Waals surface area contributed by atoms with E-state index >= 15 is 0 Å². The van der Waals surface area contributed by atoms with Gasteiger partial charge in [0, 0.05) is 12.7 Å². The quantitative estimate of drug-likeness (QED) is 0.871. The molecule has 0 aromatic heterocycles. The molecule has 2 aromatic carbocycles. The van der Waals surface area contributed by atoms with Crippen LogP contribution in [-0.2, 0) is 15.8 Å². The van der Waals surface area contributed by atoms with Crippen molar-refractivity contribution in [3.63, 3.8) is 0 Å². The van der Waals surface area contributed by atoms with E-state index in [1.165, 1.54) is 11.4 Å². The van der Waals surface area contributed by atoms with Crippen LogP contribution in [0.5, 0.6) is 0 Å². The van der Waals surface area contributed by atoms with E-state index in [2.05, 4.69) is 0 Å². The van der Waals surface area contributed by atoms with Crippen LogP contribution in [0.1, 0.15) is 5.56 Å². The number of rotatable bonds is 4. The van der Waals surface area contributed by atoms with Crippen molar-refractivity contribution in [2.24, 2.45) is 0 Å². The molecule has 0 bridgehead atoms. The molecule has 0 fully saturated rings. The molecule has 0 amide bonds. The van der Waals surface area contributed by atoms with Crippen molar-refractivity contribution in [1.82, 2.24) is 0 Å². The van der Waals surface area contributed by atoms with Crippen LogP contribution in [-0.4, -0.2) is 15.5 Å². The van der Waals surface area contributed by atoms with Gasteiger partial charge in [-0.05, 0) is 23.8 Å². The summed E-state index contributed by atoms with van der Waals surface area (Å²) in [6.07, 6.45) is 0. The second-order valence-corrected chi connectivity index (χ2v) is 6.30. The highest BCUT2D eigenvalue weighted by atomic mass is 32.2. The molecule has 5 heteroatoms. The summed E-state index contributed by atoms with van der Waals surface area (Å²) in [4.78, 5) is 0. The smallest absolute Gasteiger partial charge is 0.239 e. The van der Waals surface area contributed by atoms with Gasteiger partial charge in [-0.1, -0.05) is 36.4 Å². The molecule has 0 spiro atoms. The minimum absolute atomic E-state index is 0.0286. The predicted molar refractivity (Wildman–Crippen MR) is 78.3 cm³/mol. The first kappa shape index (κ1) is 13.4. The summed E-state index contributed by atoms with van der Waals surface area (Å²) in [7, 11) is -1.87. The van der Waals surface area contributed by atoms with E-state index in [0.29, 0.717) is 11.4 Å². The summed E-state index contributed by atoms with van der Waals surface area (Å²) in [6, 6.07) is 15.9. The van der Waals surface area contributed by atoms with Gasteiger partial charge in [0.25, 0.3) is 0 Å². The largest absolute Gasteiger partial charge is 0.399 e. The maximum absolute atomic E-state index is 12.3. The third kappa shape index (κ3) is 3.26. The molecule has 2 N–H and O–H groups in total. The molecule has 0 aliphatic heterocycles. The normalized spacial score (nSPS) is 11.2. The predicted octanol–water partition coefficient (Wildman–Crippen LogP) is 2.24.